The maximum atomic E-state index is 12.4. The molecular weight excluding hydrogens is 200 g/mol. The molecule has 15 heavy (non-hydrogen) atoms. The number of Topliss-reactive ketones (excluding diaryl/α,β-unsaturated/α-hetero) is 1. The summed E-state index contributed by atoms with van der Waals surface area (Å²) in [7, 11) is -1.40. The van der Waals surface area contributed by atoms with Crippen LogP contribution in [-0.2, 0) is 4.79 Å². The highest BCUT2D eigenvalue weighted by Gasteiger charge is 2.52. The van der Waals surface area contributed by atoms with Gasteiger partial charge >= 0.3 is 0 Å². The molecule has 2 bridgehead atoms. The van der Waals surface area contributed by atoms with Crippen molar-refractivity contribution in [2.24, 2.45) is 23.7 Å². The first-order valence-electron chi connectivity index (χ1n) is 5.93. The predicted octanol–water partition coefficient (Wildman–Crippen LogP) is 2.81. The van der Waals surface area contributed by atoms with Gasteiger partial charge in [-0.15, -0.1) is 0 Å². The average Bonchev–Trinajstić information content (AvgIpc) is 2.73. The van der Waals surface area contributed by atoms with E-state index in [1.807, 2.05) is 0 Å². The molecule has 1 nitrogen and oxygen atoms in total. The Morgan fingerprint density at radius 3 is 2.47 bits per heavy atom. The summed E-state index contributed by atoms with van der Waals surface area (Å²) in [6.45, 7) is 6.85. The van der Waals surface area contributed by atoms with E-state index >= 15 is 0 Å². The van der Waals surface area contributed by atoms with E-state index in [0.29, 0.717) is 29.5 Å². The van der Waals surface area contributed by atoms with Crippen LogP contribution in [0.2, 0.25) is 19.6 Å². The largest absolute Gasteiger partial charge is 0.295 e. The first kappa shape index (κ1) is 9.58. The van der Waals surface area contributed by atoms with Gasteiger partial charge in [-0.3, -0.25) is 4.79 Å². The SMILES string of the molecule is C[Si](C)(C)C1=C[C@H]2[C@@H](C1=O)[C@@H]1C=C[C@H]2C1. The Morgan fingerprint density at radius 2 is 1.87 bits per heavy atom. The monoisotopic (exact) mass is 218 g/mol. The molecule has 0 spiro atoms. The van der Waals surface area contributed by atoms with Crippen LogP contribution in [-0.4, -0.2) is 13.9 Å². The van der Waals surface area contributed by atoms with Gasteiger partial charge in [0.2, 0.25) is 0 Å². The minimum absolute atomic E-state index is 0.335. The molecule has 0 aromatic carbocycles. The zero-order chi connectivity index (χ0) is 10.8. The second-order valence-corrected chi connectivity index (χ2v) is 11.3. The summed E-state index contributed by atoms with van der Waals surface area (Å²) in [5, 5.41) is 1.22. The zero-order valence-corrected chi connectivity index (χ0v) is 10.7. The van der Waals surface area contributed by atoms with Crippen LogP contribution < -0.4 is 0 Å². The second-order valence-electron chi connectivity index (χ2n) is 6.25. The van der Waals surface area contributed by atoms with Crippen molar-refractivity contribution in [2.45, 2.75) is 26.1 Å². The molecule has 0 radical (unpaired) electrons. The average molecular weight is 218 g/mol. The van der Waals surface area contributed by atoms with Gasteiger partial charge in [-0.25, -0.2) is 0 Å². The summed E-state index contributed by atoms with van der Waals surface area (Å²) >= 11 is 0. The van der Waals surface area contributed by atoms with Crippen molar-refractivity contribution in [1.82, 2.24) is 0 Å². The zero-order valence-electron chi connectivity index (χ0n) is 9.66. The number of carbonyl (C=O) groups is 1. The Balaban J connectivity index is 1.99. The highest BCUT2D eigenvalue weighted by molar-refractivity contribution is 6.87. The predicted molar refractivity (Wildman–Crippen MR) is 64.2 cm³/mol. The van der Waals surface area contributed by atoms with Crippen molar-refractivity contribution in [1.29, 1.82) is 0 Å². The Kier molecular flexibility index (Phi) is 1.74. The number of rotatable bonds is 1. The fourth-order valence-corrected chi connectivity index (χ4v) is 5.13. The smallest absolute Gasteiger partial charge is 0.158 e. The fraction of sp³-hybridized carbons (Fsp3) is 0.615. The van der Waals surface area contributed by atoms with E-state index in [-0.39, 0.29) is 0 Å². The third kappa shape index (κ3) is 1.17. The summed E-state index contributed by atoms with van der Waals surface area (Å²) < 4.78 is 0. The number of fused-ring (bicyclic) bond motifs is 5. The van der Waals surface area contributed by atoms with Crippen LogP contribution >= 0.6 is 0 Å². The quantitative estimate of drug-likeness (QED) is 0.488. The highest BCUT2D eigenvalue weighted by atomic mass is 28.3. The van der Waals surface area contributed by atoms with Crippen LogP contribution in [0.15, 0.2) is 23.4 Å². The van der Waals surface area contributed by atoms with Gasteiger partial charge in [0.05, 0.1) is 8.07 Å². The van der Waals surface area contributed by atoms with Crippen LogP contribution in [0, 0.1) is 23.7 Å². The van der Waals surface area contributed by atoms with Gasteiger partial charge in [-0.2, -0.15) is 0 Å². The summed E-state index contributed by atoms with van der Waals surface area (Å²) in [5.74, 6) is 2.64. The minimum Gasteiger partial charge on any atom is -0.295 e. The molecule has 3 rings (SSSR count). The molecular formula is C13H18OSi. The summed E-state index contributed by atoms with van der Waals surface area (Å²) in [6, 6.07) is 0. The number of ketones is 1. The molecule has 80 valence electrons. The van der Waals surface area contributed by atoms with Crippen molar-refractivity contribution >= 4 is 13.9 Å². The van der Waals surface area contributed by atoms with Crippen molar-refractivity contribution in [3.05, 3.63) is 23.4 Å². The van der Waals surface area contributed by atoms with E-state index in [1.54, 1.807) is 0 Å². The van der Waals surface area contributed by atoms with Crippen molar-refractivity contribution in [2.75, 3.05) is 0 Å². The van der Waals surface area contributed by atoms with E-state index in [9.17, 15) is 4.79 Å². The molecule has 3 aliphatic rings. The van der Waals surface area contributed by atoms with Gasteiger partial charge < -0.3 is 0 Å². The third-order valence-corrected chi connectivity index (χ3v) is 6.28. The molecule has 0 aromatic heterocycles. The molecule has 0 N–H and O–H groups in total. The van der Waals surface area contributed by atoms with E-state index in [2.05, 4.69) is 37.9 Å². The normalized spacial score (nSPS) is 42.3. The van der Waals surface area contributed by atoms with Gasteiger partial charge in [0.15, 0.2) is 5.78 Å². The number of hydrogen-bond acceptors (Lipinski definition) is 1. The molecule has 0 aromatic rings. The van der Waals surface area contributed by atoms with Gasteiger partial charge in [0.25, 0.3) is 0 Å². The van der Waals surface area contributed by atoms with Crippen LogP contribution in [0.1, 0.15) is 6.42 Å². The minimum atomic E-state index is -1.40. The first-order valence-corrected chi connectivity index (χ1v) is 9.43. The van der Waals surface area contributed by atoms with E-state index in [1.165, 1.54) is 11.6 Å². The molecule has 3 aliphatic carbocycles. The molecule has 0 aliphatic heterocycles. The number of carbonyl (C=O) groups excluding carboxylic acids is 1. The number of hydrogen-bond donors (Lipinski definition) is 0. The molecule has 0 amide bonds. The molecule has 1 saturated carbocycles. The van der Waals surface area contributed by atoms with Crippen LogP contribution in [0.3, 0.4) is 0 Å². The Labute approximate surface area is 92.3 Å². The molecule has 0 heterocycles. The highest BCUT2D eigenvalue weighted by Crippen LogP contribution is 2.53. The second kappa shape index (κ2) is 2.73. The maximum Gasteiger partial charge on any atom is 0.158 e. The van der Waals surface area contributed by atoms with Crippen molar-refractivity contribution < 1.29 is 4.79 Å². The lowest BCUT2D eigenvalue weighted by atomic mass is 9.85. The van der Waals surface area contributed by atoms with E-state index in [0.717, 1.165) is 0 Å². The lowest BCUT2D eigenvalue weighted by Crippen LogP contribution is -2.31. The first-order chi connectivity index (χ1) is 6.98. The summed E-state index contributed by atoms with van der Waals surface area (Å²) in [5.41, 5.74) is 0. The molecule has 0 unspecified atom stereocenters. The lowest BCUT2D eigenvalue weighted by Gasteiger charge is -2.20. The Hall–Kier alpha value is -0.633. The van der Waals surface area contributed by atoms with E-state index in [4.69, 9.17) is 0 Å². The van der Waals surface area contributed by atoms with Gasteiger partial charge in [-0.1, -0.05) is 37.9 Å². The standard InChI is InChI=1S/C13H18OSi/c1-15(2,3)11-7-10-8-4-5-9(6-8)12(10)13(11)14/h4-5,7-10,12H,6H2,1-3H3/t8-,9+,10+,12-/m0/s1. The van der Waals surface area contributed by atoms with Crippen LogP contribution in [0.4, 0.5) is 0 Å². The topological polar surface area (TPSA) is 17.1 Å². The van der Waals surface area contributed by atoms with Gasteiger partial charge in [-0.05, 0) is 29.4 Å². The van der Waals surface area contributed by atoms with E-state index < -0.39 is 8.07 Å². The maximum absolute atomic E-state index is 12.4. The van der Waals surface area contributed by atoms with Gasteiger partial charge in [0.1, 0.15) is 0 Å². The van der Waals surface area contributed by atoms with Crippen molar-refractivity contribution in [3.63, 3.8) is 0 Å². The lowest BCUT2D eigenvalue weighted by molar-refractivity contribution is -0.119. The Bertz CT molecular complexity index is 386. The number of allylic oxidation sites excluding steroid dienone is 4. The molecule has 0 saturated heterocycles. The molecule has 2 heteroatoms. The van der Waals surface area contributed by atoms with Crippen LogP contribution in [0.5, 0.6) is 0 Å². The molecule has 4 atom stereocenters. The Morgan fingerprint density at radius 1 is 1.20 bits per heavy atom. The molecule has 1 fully saturated rings. The van der Waals surface area contributed by atoms with Crippen molar-refractivity contribution in [3.8, 4) is 0 Å². The summed E-state index contributed by atoms with van der Waals surface area (Å²) in [6.07, 6.45) is 8.19. The van der Waals surface area contributed by atoms with Crippen LogP contribution in [0.25, 0.3) is 0 Å². The third-order valence-electron chi connectivity index (χ3n) is 4.26. The fourth-order valence-electron chi connectivity index (χ4n) is 3.53. The summed E-state index contributed by atoms with van der Waals surface area (Å²) in [4.78, 5) is 12.4. The van der Waals surface area contributed by atoms with Gasteiger partial charge in [0, 0.05) is 5.92 Å².